The number of amides is 1. The summed E-state index contributed by atoms with van der Waals surface area (Å²) >= 11 is 0. The van der Waals surface area contributed by atoms with Gasteiger partial charge < -0.3 is 19.9 Å². The zero-order valence-corrected chi connectivity index (χ0v) is 22.6. The Hall–Kier alpha value is -1.72. The minimum Gasteiger partial charge on any atom is -0.425 e. The minimum atomic E-state index is -3.92. The molecule has 0 saturated heterocycles. The van der Waals surface area contributed by atoms with Gasteiger partial charge in [-0.2, -0.15) is 8.42 Å². The molecule has 0 radical (unpaired) electrons. The molecule has 0 bridgehead atoms. The molecule has 2 fully saturated rings. The van der Waals surface area contributed by atoms with Gasteiger partial charge in [-0.05, 0) is 32.1 Å². The molecule has 0 heterocycles. The number of ether oxygens (including phenoxy) is 2. The van der Waals surface area contributed by atoms with Crippen LogP contribution >= 0.6 is 0 Å². The summed E-state index contributed by atoms with van der Waals surface area (Å²) in [5.74, 6) is -2.24. The van der Waals surface area contributed by atoms with Gasteiger partial charge in [0.25, 0.3) is 10.1 Å². The Morgan fingerprint density at radius 2 is 1.56 bits per heavy atom. The standard InChI is InChI=1S/C25H43NO9S/c1-18(27)26-15-10-16-36(31,32)33-17-25(2,3)21(28)23(30)35-24(20-13-8-5-9-14-20)34-22(29)19-11-6-4-7-12-19/h19-21,24,28H,4-17H2,1-3H3,(H,26,27)/t21-,24?/m0/s1. The van der Waals surface area contributed by atoms with Crippen molar-refractivity contribution < 1.29 is 41.6 Å². The molecule has 2 aliphatic rings. The Morgan fingerprint density at radius 3 is 2.14 bits per heavy atom. The number of hydrogen-bond acceptors (Lipinski definition) is 9. The van der Waals surface area contributed by atoms with E-state index in [0.717, 1.165) is 64.2 Å². The van der Waals surface area contributed by atoms with E-state index in [1.807, 2.05) is 0 Å². The maximum atomic E-state index is 12.9. The summed E-state index contributed by atoms with van der Waals surface area (Å²) in [5.41, 5.74) is -1.29. The summed E-state index contributed by atoms with van der Waals surface area (Å²) in [5, 5.41) is 13.2. The smallest absolute Gasteiger partial charge is 0.338 e. The predicted octanol–water partition coefficient (Wildman–Crippen LogP) is 2.82. The fourth-order valence-electron chi connectivity index (χ4n) is 4.56. The van der Waals surface area contributed by atoms with Gasteiger partial charge in [0.15, 0.2) is 6.10 Å². The van der Waals surface area contributed by atoms with Crippen LogP contribution < -0.4 is 5.32 Å². The van der Waals surface area contributed by atoms with E-state index >= 15 is 0 Å². The molecule has 2 atom stereocenters. The first-order chi connectivity index (χ1) is 16.9. The van der Waals surface area contributed by atoms with Crippen molar-refractivity contribution in [3.8, 4) is 0 Å². The molecule has 0 spiro atoms. The molecule has 2 aliphatic carbocycles. The monoisotopic (exact) mass is 533 g/mol. The van der Waals surface area contributed by atoms with Gasteiger partial charge in [0.05, 0.1) is 18.3 Å². The number of rotatable bonds is 13. The minimum absolute atomic E-state index is 0.134. The highest BCUT2D eigenvalue weighted by atomic mass is 32.2. The average Bonchev–Trinajstić information content (AvgIpc) is 2.85. The van der Waals surface area contributed by atoms with E-state index in [2.05, 4.69) is 5.32 Å². The first kappa shape index (κ1) is 30.5. The van der Waals surface area contributed by atoms with E-state index in [1.54, 1.807) is 0 Å². The highest BCUT2D eigenvalue weighted by Gasteiger charge is 2.40. The summed E-state index contributed by atoms with van der Waals surface area (Å²) in [4.78, 5) is 36.6. The third-order valence-electron chi connectivity index (χ3n) is 6.96. The summed E-state index contributed by atoms with van der Waals surface area (Å²) in [6.45, 7) is 4.08. The van der Waals surface area contributed by atoms with Gasteiger partial charge in [0, 0.05) is 24.8 Å². The van der Waals surface area contributed by atoms with Crippen LogP contribution in [-0.4, -0.2) is 62.7 Å². The fourth-order valence-corrected chi connectivity index (χ4v) is 5.66. The second-order valence-electron chi connectivity index (χ2n) is 10.7. The highest BCUT2D eigenvalue weighted by Crippen LogP contribution is 2.32. The molecule has 0 aromatic rings. The predicted molar refractivity (Wildman–Crippen MR) is 132 cm³/mol. The van der Waals surface area contributed by atoms with E-state index in [1.165, 1.54) is 20.8 Å². The van der Waals surface area contributed by atoms with Crippen molar-refractivity contribution in [2.75, 3.05) is 18.9 Å². The Labute approximate surface area is 214 Å². The third-order valence-corrected chi connectivity index (χ3v) is 8.22. The largest absolute Gasteiger partial charge is 0.425 e. The number of esters is 2. The average molecular weight is 534 g/mol. The lowest BCUT2D eigenvalue weighted by molar-refractivity contribution is -0.212. The van der Waals surface area contributed by atoms with Crippen molar-refractivity contribution in [2.24, 2.45) is 17.3 Å². The van der Waals surface area contributed by atoms with Crippen molar-refractivity contribution in [3.63, 3.8) is 0 Å². The van der Waals surface area contributed by atoms with E-state index in [-0.39, 0.29) is 42.4 Å². The second kappa shape index (κ2) is 14.3. The molecule has 2 N–H and O–H groups in total. The highest BCUT2D eigenvalue weighted by molar-refractivity contribution is 7.86. The van der Waals surface area contributed by atoms with Crippen LogP contribution in [0.2, 0.25) is 0 Å². The molecule has 0 aliphatic heterocycles. The zero-order chi connectivity index (χ0) is 26.8. The summed E-state index contributed by atoms with van der Waals surface area (Å²) in [7, 11) is -3.92. The molecule has 208 valence electrons. The molecule has 0 aromatic carbocycles. The molecule has 10 nitrogen and oxygen atoms in total. The maximum absolute atomic E-state index is 12.9. The topological polar surface area (TPSA) is 145 Å². The van der Waals surface area contributed by atoms with Crippen molar-refractivity contribution in [1.29, 1.82) is 0 Å². The molecule has 0 aromatic heterocycles. The number of carbonyl (C=O) groups excluding carboxylic acids is 3. The zero-order valence-electron chi connectivity index (χ0n) is 21.8. The van der Waals surface area contributed by atoms with Gasteiger partial charge >= 0.3 is 11.9 Å². The van der Waals surface area contributed by atoms with E-state index in [4.69, 9.17) is 13.7 Å². The van der Waals surface area contributed by atoms with Crippen LogP contribution in [0.5, 0.6) is 0 Å². The molecule has 1 unspecified atom stereocenters. The van der Waals surface area contributed by atoms with Gasteiger partial charge in [-0.1, -0.05) is 52.4 Å². The van der Waals surface area contributed by atoms with Gasteiger partial charge in [0.1, 0.15) is 0 Å². The van der Waals surface area contributed by atoms with Crippen LogP contribution in [-0.2, 0) is 38.2 Å². The molecular formula is C25H43NO9S. The van der Waals surface area contributed by atoms with Crippen LogP contribution in [0.25, 0.3) is 0 Å². The Kier molecular flexibility index (Phi) is 12.1. The van der Waals surface area contributed by atoms with Crippen molar-refractivity contribution >= 4 is 28.0 Å². The van der Waals surface area contributed by atoms with E-state index in [0.29, 0.717) is 0 Å². The first-order valence-electron chi connectivity index (χ1n) is 13.1. The molecule has 11 heteroatoms. The normalized spacial score (nSPS) is 19.8. The lowest BCUT2D eigenvalue weighted by Gasteiger charge is -2.33. The van der Waals surface area contributed by atoms with Crippen molar-refractivity contribution in [1.82, 2.24) is 5.32 Å². The van der Waals surface area contributed by atoms with Crippen LogP contribution in [0.1, 0.15) is 91.4 Å². The van der Waals surface area contributed by atoms with E-state index in [9.17, 15) is 27.9 Å². The van der Waals surface area contributed by atoms with Gasteiger partial charge in [-0.3, -0.25) is 13.8 Å². The molecule has 36 heavy (non-hydrogen) atoms. The summed E-state index contributed by atoms with van der Waals surface area (Å²) < 4.78 is 40.7. The Balaban J connectivity index is 1.95. The number of aliphatic hydroxyl groups excluding tert-OH is 1. The number of aliphatic hydroxyl groups is 1. The maximum Gasteiger partial charge on any atom is 0.338 e. The Bertz CT molecular complexity index is 830. The number of hydrogen-bond donors (Lipinski definition) is 2. The van der Waals surface area contributed by atoms with E-state index < -0.39 is 40.5 Å². The van der Waals surface area contributed by atoms with Crippen LogP contribution in [0.15, 0.2) is 0 Å². The van der Waals surface area contributed by atoms with Crippen molar-refractivity contribution in [3.05, 3.63) is 0 Å². The van der Waals surface area contributed by atoms with Gasteiger partial charge in [-0.15, -0.1) is 0 Å². The fraction of sp³-hybridized carbons (Fsp3) is 0.880. The van der Waals surface area contributed by atoms with Crippen LogP contribution in [0.3, 0.4) is 0 Å². The molecular weight excluding hydrogens is 490 g/mol. The molecule has 1 amide bonds. The number of carbonyl (C=O) groups is 3. The second-order valence-corrected chi connectivity index (χ2v) is 12.5. The van der Waals surface area contributed by atoms with Crippen molar-refractivity contribution in [2.45, 2.75) is 104 Å². The molecule has 2 rings (SSSR count). The summed E-state index contributed by atoms with van der Waals surface area (Å²) in [6, 6.07) is 0. The quantitative estimate of drug-likeness (QED) is 0.158. The van der Waals surface area contributed by atoms with Crippen LogP contribution in [0, 0.1) is 17.3 Å². The lowest BCUT2D eigenvalue weighted by Crippen LogP contribution is -2.45. The summed E-state index contributed by atoms with van der Waals surface area (Å²) in [6.07, 6.45) is 6.44. The third kappa shape index (κ3) is 10.3. The first-order valence-corrected chi connectivity index (χ1v) is 14.7. The SMILES string of the molecule is CC(=O)NCCCS(=O)(=O)OCC(C)(C)[C@@H](O)C(=O)OC(OC(=O)C1CCCCC1)C1CCCCC1. The van der Waals surface area contributed by atoms with Gasteiger partial charge in [-0.25, -0.2) is 4.79 Å². The Morgan fingerprint density at radius 1 is 0.972 bits per heavy atom. The van der Waals surface area contributed by atoms with Crippen LogP contribution in [0.4, 0.5) is 0 Å². The molecule has 2 saturated carbocycles. The van der Waals surface area contributed by atoms with Gasteiger partial charge in [0.2, 0.25) is 12.2 Å². The lowest BCUT2D eigenvalue weighted by atomic mass is 9.87. The number of nitrogens with one attached hydrogen (secondary N) is 1.